The van der Waals surface area contributed by atoms with Crippen molar-refractivity contribution in [3.8, 4) is 6.07 Å². The Bertz CT molecular complexity index is 1170. The maximum atomic E-state index is 12.5. The Morgan fingerprint density at radius 2 is 1.94 bits per heavy atom. The first kappa shape index (κ1) is 22.2. The van der Waals surface area contributed by atoms with Crippen molar-refractivity contribution in [3.63, 3.8) is 0 Å². The second-order valence-corrected chi connectivity index (χ2v) is 7.61. The zero-order valence-electron chi connectivity index (χ0n) is 18.5. The number of rotatable bonds is 6. The van der Waals surface area contributed by atoms with Crippen LogP contribution in [0, 0.1) is 25.2 Å². The van der Waals surface area contributed by atoms with Gasteiger partial charge in [-0.05, 0) is 40.2 Å². The van der Waals surface area contributed by atoms with Crippen LogP contribution >= 0.6 is 0 Å². The third kappa shape index (κ3) is 4.34. The number of aliphatic imine (C=N–C) groups is 1. The molecule has 0 saturated carbocycles. The van der Waals surface area contributed by atoms with Crippen molar-refractivity contribution < 1.29 is 9.53 Å². The quantitative estimate of drug-likeness (QED) is 0.562. The fraction of sp³-hybridized carbons (Fsp3) is 0.409. The molecule has 0 aliphatic heterocycles. The fourth-order valence-electron chi connectivity index (χ4n) is 3.28. The number of hydrogen-bond donors (Lipinski definition) is 0. The number of fused-ring (bicyclic) bond motifs is 1. The molecule has 2 atom stereocenters. The molecule has 3 heterocycles. The Balaban J connectivity index is 2.11. The third-order valence-electron chi connectivity index (χ3n) is 5.15. The van der Waals surface area contributed by atoms with Crippen molar-refractivity contribution >= 4 is 23.3 Å². The van der Waals surface area contributed by atoms with Gasteiger partial charge in [0, 0.05) is 31.8 Å². The molecule has 1 unspecified atom stereocenters. The second kappa shape index (κ2) is 9.10. The van der Waals surface area contributed by atoms with Crippen molar-refractivity contribution in [2.75, 3.05) is 7.11 Å². The van der Waals surface area contributed by atoms with E-state index in [1.807, 2.05) is 32.3 Å². The summed E-state index contributed by atoms with van der Waals surface area (Å²) < 4.78 is 7.56. The van der Waals surface area contributed by atoms with E-state index in [0.717, 1.165) is 11.3 Å². The van der Waals surface area contributed by atoms with Crippen molar-refractivity contribution in [2.45, 2.75) is 52.7 Å². The molecule has 0 N–H and O–H groups in total. The predicted octanol–water partition coefficient (Wildman–Crippen LogP) is 3.32. The molecule has 0 bridgehead atoms. The SMILES string of the molecule is CO[C@H](C)C(C=NC(=O)c1cnc(C)cn1)c1nc2c(C)c(C#N)cnc2n1C(C)C. The normalized spacial score (nSPS) is 13.6. The van der Waals surface area contributed by atoms with Crippen molar-refractivity contribution in [1.82, 2.24) is 24.5 Å². The Morgan fingerprint density at radius 3 is 2.52 bits per heavy atom. The number of aryl methyl sites for hydroxylation is 2. The monoisotopic (exact) mass is 419 g/mol. The molecule has 0 aromatic carbocycles. The van der Waals surface area contributed by atoms with Crippen LogP contribution in [0.1, 0.15) is 65.9 Å². The molecule has 160 valence electrons. The molecule has 0 aliphatic rings. The Morgan fingerprint density at radius 1 is 1.19 bits per heavy atom. The van der Waals surface area contributed by atoms with Crippen LogP contribution in [0.4, 0.5) is 0 Å². The summed E-state index contributed by atoms with van der Waals surface area (Å²) in [5.74, 6) is -0.250. The molecule has 31 heavy (non-hydrogen) atoms. The topological polar surface area (TPSA) is 119 Å². The molecule has 1 amide bonds. The number of carbonyl (C=O) groups excluding carboxylic acids is 1. The summed E-state index contributed by atoms with van der Waals surface area (Å²) in [5, 5.41) is 9.36. The van der Waals surface area contributed by atoms with Crippen molar-refractivity contribution in [3.05, 3.63) is 46.9 Å². The summed E-state index contributed by atoms with van der Waals surface area (Å²) in [4.78, 5) is 34.1. The van der Waals surface area contributed by atoms with E-state index in [2.05, 4.69) is 26.0 Å². The standard InChI is InChI=1S/C22H25N7O2/c1-12(2)29-20(28-19-14(4)16(7-23)9-26-21(19)29)17(15(5)31-6)10-27-22(30)18-11-24-13(3)8-25-18/h8-12,15,17H,1-6H3/t15-,17?/m1/s1. The molecule has 0 spiro atoms. The average molecular weight is 419 g/mol. The number of amides is 1. The van der Waals surface area contributed by atoms with E-state index < -0.39 is 11.8 Å². The summed E-state index contributed by atoms with van der Waals surface area (Å²) in [5.41, 5.74) is 3.46. The first-order chi connectivity index (χ1) is 14.8. The maximum Gasteiger partial charge on any atom is 0.296 e. The van der Waals surface area contributed by atoms with Gasteiger partial charge in [-0.15, -0.1) is 0 Å². The summed E-state index contributed by atoms with van der Waals surface area (Å²) >= 11 is 0. The van der Waals surface area contributed by atoms with Crippen LogP contribution in [-0.2, 0) is 4.74 Å². The number of nitriles is 1. The number of methoxy groups -OCH3 is 1. The van der Waals surface area contributed by atoms with Gasteiger partial charge in [0.25, 0.3) is 5.91 Å². The first-order valence-electron chi connectivity index (χ1n) is 9.95. The number of nitrogens with zero attached hydrogens (tertiary/aromatic N) is 7. The van der Waals surface area contributed by atoms with Gasteiger partial charge in [-0.3, -0.25) is 9.78 Å². The lowest BCUT2D eigenvalue weighted by atomic mass is 10.0. The highest BCUT2D eigenvalue weighted by molar-refractivity contribution is 5.98. The zero-order valence-corrected chi connectivity index (χ0v) is 18.5. The van der Waals surface area contributed by atoms with E-state index in [-0.39, 0.29) is 17.8 Å². The Kier molecular flexibility index (Phi) is 6.51. The van der Waals surface area contributed by atoms with Crippen LogP contribution in [0.2, 0.25) is 0 Å². The lowest BCUT2D eigenvalue weighted by Gasteiger charge is -2.21. The molecule has 3 aromatic rings. The van der Waals surface area contributed by atoms with Crippen LogP contribution in [0.25, 0.3) is 11.2 Å². The molecule has 0 fully saturated rings. The van der Waals surface area contributed by atoms with Gasteiger partial charge < -0.3 is 9.30 Å². The van der Waals surface area contributed by atoms with E-state index >= 15 is 0 Å². The Labute approximate surface area is 180 Å². The van der Waals surface area contributed by atoms with E-state index in [1.165, 1.54) is 12.4 Å². The second-order valence-electron chi connectivity index (χ2n) is 7.61. The highest BCUT2D eigenvalue weighted by atomic mass is 16.5. The van der Waals surface area contributed by atoms with Gasteiger partial charge in [0.1, 0.15) is 23.1 Å². The highest BCUT2D eigenvalue weighted by Crippen LogP contribution is 2.29. The molecule has 0 saturated heterocycles. The van der Waals surface area contributed by atoms with Gasteiger partial charge in [0.15, 0.2) is 5.65 Å². The van der Waals surface area contributed by atoms with E-state index in [4.69, 9.17) is 9.72 Å². The highest BCUT2D eigenvalue weighted by Gasteiger charge is 2.27. The minimum Gasteiger partial charge on any atom is -0.381 e. The van der Waals surface area contributed by atoms with Crippen LogP contribution in [-0.4, -0.2) is 49.8 Å². The largest absolute Gasteiger partial charge is 0.381 e. The number of ether oxygens (including phenoxy) is 1. The number of pyridine rings is 1. The lowest BCUT2D eigenvalue weighted by Crippen LogP contribution is -2.24. The summed E-state index contributed by atoms with van der Waals surface area (Å²) in [6.07, 6.45) is 5.72. The summed E-state index contributed by atoms with van der Waals surface area (Å²) in [6.45, 7) is 9.59. The maximum absolute atomic E-state index is 12.5. The molecular formula is C22H25N7O2. The average Bonchev–Trinajstić information content (AvgIpc) is 3.14. The molecule has 0 radical (unpaired) electrons. The molecule has 0 aliphatic carbocycles. The fourth-order valence-corrected chi connectivity index (χ4v) is 3.28. The van der Waals surface area contributed by atoms with Gasteiger partial charge in [-0.25, -0.2) is 19.9 Å². The van der Waals surface area contributed by atoms with E-state index in [9.17, 15) is 10.1 Å². The minimum atomic E-state index is -0.492. The molecule has 9 heteroatoms. The van der Waals surface area contributed by atoms with Gasteiger partial charge in [-0.1, -0.05) is 0 Å². The van der Waals surface area contributed by atoms with Gasteiger partial charge >= 0.3 is 0 Å². The third-order valence-corrected chi connectivity index (χ3v) is 5.15. The van der Waals surface area contributed by atoms with Crippen LogP contribution in [0.15, 0.2) is 23.6 Å². The van der Waals surface area contributed by atoms with Gasteiger partial charge in [-0.2, -0.15) is 5.26 Å². The lowest BCUT2D eigenvalue weighted by molar-refractivity contribution is 0.0992. The van der Waals surface area contributed by atoms with Crippen LogP contribution in [0.5, 0.6) is 0 Å². The molecule has 3 rings (SSSR count). The Hall–Kier alpha value is -3.51. The van der Waals surface area contributed by atoms with Gasteiger partial charge in [0.05, 0.1) is 29.5 Å². The minimum absolute atomic E-state index is 0.0402. The molecule has 3 aromatic heterocycles. The zero-order chi connectivity index (χ0) is 22.7. The summed E-state index contributed by atoms with van der Waals surface area (Å²) in [7, 11) is 1.60. The smallest absolute Gasteiger partial charge is 0.296 e. The van der Waals surface area contributed by atoms with E-state index in [0.29, 0.717) is 22.6 Å². The van der Waals surface area contributed by atoms with Gasteiger partial charge in [0.2, 0.25) is 0 Å². The number of hydrogen-bond acceptors (Lipinski definition) is 7. The predicted molar refractivity (Wildman–Crippen MR) is 116 cm³/mol. The van der Waals surface area contributed by atoms with Crippen molar-refractivity contribution in [2.24, 2.45) is 4.99 Å². The van der Waals surface area contributed by atoms with Crippen LogP contribution in [0.3, 0.4) is 0 Å². The summed E-state index contributed by atoms with van der Waals surface area (Å²) in [6, 6.07) is 2.19. The van der Waals surface area contributed by atoms with E-state index in [1.54, 1.807) is 26.4 Å². The molecular weight excluding hydrogens is 394 g/mol. The molecule has 9 nitrogen and oxygen atoms in total. The number of imidazole rings is 1. The van der Waals surface area contributed by atoms with Crippen LogP contribution < -0.4 is 0 Å². The van der Waals surface area contributed by atoms with Crippen molar-refractivity contribution in [1.29, 1.82) is 5.26 Å². The first-order valence-corrected chi connectivity index (χ1v) is 9.95. The number of carbonyl (C=O) groups is 1. The number of aromatic nitrogens is 5.